The third-order valence-corrected chi connectivity index (χ3v) is 5.59. The predicted molar refractivity (Wildman–Crippen MR) is 89.2 cm³/mol. The van der Waals surface area contributed by atoms with Crippen LogP contribution >= 0.6 is 0 Å². The van der Waals surface area contributed by atoms with Crippen LogP contribution in [0.25, 0.3) is 0 Å². The van der Waals surface area contributed by atoms with Crippen LogP contribution in [0.5, 0.6) is 0 Å². The molecule has 1 rings (SSSR count). The van der Waals surface area contributed by atoms with E-state index in [1.54, 1.807) is 5.20 Å². The predicted octanol–water partition coefficient (Wildman–Crippen LogP) is 5.77. The van der Waals surface area contributed by atoms with Crippen molar-refractivity contribution < 1.29 is 0 Å². The van der Waals surface area contributed by atoms with Crippen LogP contribution in [0.1, 0.15) is 38.2 Å². The Morgan fingerprint density at radius 3 is 2.42 bits per heavy atom. The molecular formula is C18H28Si. The zero-order chi connectivity index (χ0) is 14.1. The summed E-state index contributed by atoms with van der Waals surface area (Å²) >= 11 is 0. The summed E-state index contributed by atoms with van der Waals surface area (Å²) in [6, 6.07) is 10.7. The Bertz CT molecular complexity index is 417. The summed E-state index contributed by atoms with van der Waals surface area (Å²) in [5.41, 5.74) is 5.04. The molecule has 0 bridgehead atoms. The van der Waals surface area contributed by atoms with Crippen molar-refractivity contribution in [3.8, 4) is 0 Å². The molecule has 0 unspecified atom stereocenters. The van der Waals surface area contributed by atoms with Crippen LogP contribution in [0.15, 0.2) is 47.3 Å². The Hall–Kier alpha value is -1.04. The van der Waals surface area contributed by atoms with Crippen LogP contribution in [0.4, 0.5) is 0 Å². The maximum Gasteiger partial charge on any atom is 0.0823 e. The molecule has 1 aromatic rings. The molecular weight excluding hydrogens is 244 g/mol. The van der Waals surface area contributed by atoms with E-state index in [0.717, 1.165) is 12.8 Å². The SMILES string of the molecule is CCCCC(=C=CCCc1ccccc1)[Si](C)(C)C. The van der Waals surface area contributed by atoms with Gasteiger partial charge in [0, 0.05) is 0 Å². The second kappa shape index (κ2) is 8.19. The molecule has 0 N–H and O–H groups in total. The van der Waals surface area contributed by atoms with Crippen LogP contribution < -0.4 is 0 Å². The second-order valence-electron chi connectivity index (χ2n) is 6.20. The van der Waals surface area contributed by atoms with Gasteiger partial charge in [-0.3, -0.25) is 0 Å². The molecule has 0 nitrogen and oxygen atoms in total. The first-order valence-corrected chi connectivity index (χ1v) is 11.0. The van der Waals surface area contributed by atoms with Crippen molar-refractivity contribution in [1.82, 2.24) is 0 Å². The van der Waals surface area contributed by atoms with E-state index in [-0.39, 0.29) is 0 Å². The minimum Gasteiger partial charge on any atom is -0.131 e. The summed E-state index contributed by atoms with van der Waals surface area (Å²) in [4.78, 5) is 0. The fourth-order valence-electron chi connectivity index (χ4n) is 2.10. The minimum atomic E-state index is -1.18. The number of aryl methyl sites for hydroxylation is 1. The van der Waals surface area contributed by atoms with Gasteiger partial charge in [0.25, 0.3) is 0 Å². The molecule has 0 radical (unpaired) electrons. The van der Waals surface area contributed by atoms with Gasteiger partial charge >= 0.3 is 0 Å². The fourth-order valence-corrected chi connectivity index (χ4v) is 3.56. The number of hydrogen-bond acceptors (Lipinski definition) is 0. The van der Waals surface area contributed by atoms with Crippen molar-refractivity contribution in [2.45, 2.75) is 58.7 Å². The summed E-state index contributed by atoms with van der Waals surface area (Å²) < 4.78 is 0. The molecule has 0 amide bonds. The van der Waals surface area contributed by atoms with Crippen molar-refractivity contribution >= 4 is 8.07 Å². The Balaban J connectivity index is 2.60. The first kappa shape index (κ1) is 16.0. The van der Waals surface area contributed by atoms with Gasteiger partial charge < -0.3 is 0 Å². The number of hydrogen-bond donors (Lipinski definition) is 0. The lowest BCUT2D eigenvalue weighted by atomic mass is 10.1. The van der Waals surface area contributed by atoms with Gasteiger partial charge in [-0.05, 0) is 42.5 Å². The summed E-state index contributed by atoms with van der Waals surface area (Å²) in [6.07, 6.45) is 8.31. The maximum absolute atomic E-state index is 3.62. The Morgan fingerprint density at radius 2 is 1.84 bits per heavy atom. The standard InChI is InChI=1S/C18H28Si/c1-5-6-15-18(19(2,3)4)16-11-10-14-17-12-8-7-9-13-17/h7-9,11-13H,5-6,10,14-15H2,1-4H3. The van der Waals surface area contributed by atoms with Crippen molar-refractivity contribution in [2.24, 2.45) is 0 Å². The molecule has 0 spiro atoms. The van der Waals surface area contributed by atoms with Crippen molar-refractivity contribution in [2.75, 3.05) is 0 Å². The number of benzene rings is 1. The average molecular weight is 273 g/mol. The number of rotatable bonds is 7. The normalized spacial score (nSPS) is 10.9. The van der Waals surface area contributed by atoms with Crippen molar-refractivity contribution in [1.29, 1.82) is 0 Å². The van der Waals surface area contributed by atoms with Crippen LogP contribution in [0, 0.1) is 0 Å². The molecule has 0 heterocycles. The van der Waals surface area contributed by atoms with Gasteiger partial charge in [0.15, 0.2) is 0 Å². The van der Waals surface area contributed by atoms with E-state index in [0.29, 0.717) is 0 Å². The molecule has 104 valence electrons. The number of unbranched alkanes of at least 4 members (excludes halogenated alkanes) is 1. The molecule has 0 aliphatic heterocycles. The summed E-state index contributed by atoms with van der Waals surface area (Å²) in [7, 11) is -1.18. The summed E-state index contributed by atoms with van der Waals surface area (Å²) in [6.45, 7) is 9.54. The average Bonchev–Trinajstić information content (AvgIpc) is 2.37. The largest absolute Gasteiger partial charge is 0.131 e. The Morgan fingerprint density at radius 1 is 1.16 bits per heavy atom. The fraction of sp³-hybridized carbons (Fsp3) is 0.500. The lowest BCUT2D eigenvalue weighted by Gasteiger charge is -2.18. The van der Waals surface area contributed by atoms with Crippen LogP contribution in [0.3, 0.4) is 0 Å². The highest BCUT2D eigenvalue weighted by molar-refractivity contribution is 6.83. The van der Waals surface area contributed by atoms with Gasteiger partial charge in [-0.15, -0.1) is 5.73 Å². The maximum atomic E-state index is 3.62. The molecule has 1 heteroatoms. The Labute approximate surface area is 120 Å². The molecule has 0 saturated carbocycles. The van der Waals surface area contributed by atoms with Gasteiger partial charge in [0.2, 0.25) is 0 Å². The zero-order valence-electron chi connectivity index (χ0n) is 13.0. The summed E-state index contributed by atoms with van der Waals surface area (Å²) in [5, 5.41) is 1.60. The van der Waals surface area contributed by atoms with Crippen LogP contribution in [-0.2, 0) is 6.42 Å². The van der Waals surface area contributed by atoms with E-state index in [4.69, 9.17) is 0 Å². The monoisotopic (exact) mass is 272 g/mol. The highest BCUT2D eigenvalue weighted by atomic mass is 28.3. The van der Waals surface area contributed by atoms with Gasteiger partial charge in [0.1, 0.15) is 0 Å². The quantitative estimate of drug-likeness (QED) is 0.437. The lowest BCUT2D eigenvalue weighted by Crippen LogP contribution is -2.23. The van der Waals surface area contributed by atoms with Crippen molar-refractivity contribution in [3.05, 3.63) is 52.9 Å². The van der Waals surface area contributed by atoms with Gasteiger partial charge in [-0.2, -0.15) is 0 Å². The smallest absolute Gasteiger partial charge is 0.0823 e. The van der Waals surface area contributed by atoms with Gasteiger partial charge in [-0.1, -0.05) is 63.3 Å². The third-order valence-electron chi connectivity index (χ3n) is 3.38. The van der Waals surface area contributed by atoms with E-state index < -0.39 is 8.07 Å². The van der Waals surface area contributed by atoms with Crippen molar-refractivity contribution in [3.63, 3.8) is 0 Å². The van der Waals surface area contributed by atoms with E-state index in [1.807, 2.05) is 0 Å². The zero-order valence-corrected chi connectivity index (χ0v) is 14.0. The van der Waals surface area contributed by atoms with Gasteiger partial charge in [0.05, 0.1) is 8.07 Å². The van der Waals surface area contributed by atoms with Crippen LogP contribution in [0.2, 0.25) is 19.6 Å². The first-order valence-electron chi connectivity index (χ1n) is 7.52. The topological polar surface area (TPSA) is 0 Å². The second-order valence-corrected chi connectivity index (χ2v) is 11.3. The summed E-state index contributed by atoms with van der Waals surface area (Å²) in [5.74, 6) is 0. The van der Waals surface area contributed by atoms with E-state index in [9.17, 15) is 0 Å². The van der Waals surface area contributed by atoms with E-state index in [1.165, 1.54) is 24.8 Å². The molecule has 0 aliphatic rings. The van der Waals surface area contributed by atoms with Gasteiger partial charge in [-0.25, -0.2) is 0 Å². The molecule has 0 saturated heterocycles. The molecule has 0 atom stereocenters. The molecule has 1 aromatic carbocycles. The molecule has 0 aromatic heterocycles. The minimum absolute atomic E-state index is 1.10. The number of allylic oxidation sites excluding steroid dienone is 1. The van der Waals surface area contributed by atoms with Crippen LogP contribution in [-0.4, -0.2) is 8.07 Å². The molecule has 19 heavy (non-hydrogen) atoms. The molecule has 0 aliphatic carbocycles. The third kappa shape index (κ3) is 6.61. The Kier molecular flexibility index (Phi) is 6.90. The highest BCUT2D eigenvalue weighted by Crippen LogP contribution is 2.19. The highest BCUT2D eigenvalue weighted by Gasteiger charge is 2.18. The van der Waals surface area contributed by atoms with E-state index >= 15 is 0 Å². The molecule has 0 fully saturated rings. The van der Waals surface area contributed by atoms with E-state index in [2.05, 4.69) is 68.7 Å². The first-order chi connectivity index (χ1) is 9.04. The lowest BCUT2D eigenvalue weighted by molar-refractivity contribution is 0.803.